The van der Waals surface area contributed by atoms with Gasteiger partial charge in [-0.25, -0.2) is 13.1 Å². The number of aromatic nitrogens is 1. The molecule has 0 saturated carbocycles. The van der Waals surface area contributed by atoms with Crippen LogP contribution >= 0.6 is 15.9 Å². The van der Waals surface area contributed by atoms with Crippen LogP contribution in [0.4, 0.5) is 5.69 Å². The van der Waals surface area contributed by atoms with Crippen LogP contribution in [0.3, 0.4) is 0 Å². The SMILES string of the molecule is Cc1ccc(CNS(=O)(=O)c2ccc(N)cc2Br)cn1. The molecular formula is C13H14BrN3O2S. The summed E-state index contributed by atoms with van der Waals surface area (Å²) in [6.07, 6.45) is 1.65. The number of nitrogens with one attached hydrogen (secondary N) is 1. The van der Waals surface area contributed by atoms with E-state index in [9.17, 15) is 8.42 Å². The second-order valence-electron chi connectivity index (χ2n) is 4.32. The van der Waals surface area contributed by atoms with Gasteiger partial charge in [0.25, 0.3) is 0 Å². The molecule has 7 heteroatoms. The van der Waals surface area contributed by atoms with Gasteiger partial charge < -0.3 is 5.73 Å². The summed E-state index contributed by atoms with van der Waals surface area (Å²) in [6, 6.07) is 8.25. The molecule has 2 rings (SSSR count). The first-order valence-electron chi connectivity index (χ1n) is 5.85. The molecule has 1 aromatic carbocycles. The Kier molecular flexibility index (Phi) is 4.42. The number of rotatable bonds is 4. The minimum atomic E-state index is -3.60. The third kappa shape index (κ3) is 3.56. The zero-order chi connectivity index (χ0) is 14.8. The highest BCUT2D eigenvalue weighted by molar-refractivity contribution is 9.10. The molecule has 0 amide bonds. The average Bonchev–Trinajstić information content (AvgIpc) is 2.37. The lowest BCUT2D eigenvalue weighted by Gasteiger charge is -2.09. The largest absolute Gasteiger partial charge is 0.399 e. The van der Waals surface area contributed by atoms with Gasteiger partial charge in [-0.3, -0.25) is 4.98 Å². The van der Waals surface area contributed by atoms with E-state index in [1.165, 1.54) is 6.07 Å². The fourth-order valence-electron chi connectivity index (χ4n) is 1.59. The summed E-state index contributed by atoms with van der Waals surface area (Å²) in [4.78, 5) is 4.28. The van der Waals surface area contributed by atoms with Crippen LogP contribution in [-0.2, 0) is 16.6 Å². The third-order valence-electron chi connectivity index (χ3n) is 2.68. The quantitative estimate of drug-likeness (QED) is 0.823. The van der Waals surface area contributed by atoms with E-state index in [1.54, 1.807) is 18.3 Å². The van der Waals surface area contributed by atoms with Crippen molar-refractivity contribution >= 4 is 31.6 Å². The zero-order valence-electron chi connectivity index (χ0n) is 10.8. The van der Waals surface area contributed by atoms with Crippen molar-refractivity contribution in [3.63, 3.8) is 0 Å². The number of halogens is 1. The maximum atomic E-state index is 12.2. The van der Waals surface area contributed by atoms with Crippen molar-refractivity contribution in [2.45, 2.75) is 18.4 Å². The fraction of sp³-hybridized carbons (Fsp3) is 0.154. The molecule has 0 saturated heterocycles. The number of aryl methyl sites for hydroxylation is 1. The van der Waals surface area contributed by atoms with Crippen LogP contribution in [0, 0.1) is 6.92 Å². The van der Waals surface area contributed by atoms with Crippen LogP contribution in [-0.4, -0.2) is 13.4 Å². The van der Waals surface area contributed by atoms with Crippen LogP contribution in [0.5, 0.6) is 0 Å². The molecule has 2 aromatic rings. The van der Waals surface area contributed by atoms with Gasteiger partial charge in [0.1, 0.15) is 0 Å². The van der Waals surface area contributed by atoms with Crippen molar-refractivity contribution in [2.24, 2.45) is 0 Å². The smallest absolute Gasteiger partial charge is 0.241 e. The highest BCUT2D eigenvalue weighted by atomic mass is 79.9. The molecule has 1 aromatic heterocycles. The van der Waals surface area contributed by atoms with Crippen molar-refractivity contribution in [3.8, 4) is 0 Å². The monoisotopic (exact) mass is 355 g/mol. The van der Waals surface area contributed by atoms with Gasteiger partial charge >= 0.3 is 0 Å². The number of nitrogens with zero attached hydrogens (tertiary/aromatic N) is 1. The topological polar surface area (TPSA) is 85.1 Å². The minimum absolute atomic E-state index is 0.159. The standard InChI is InChI=1S/C13H14BrN3O2S/c1-9-2-3-10(7-16-9)8-17-20(18,19)13-5-4-11(15)6-12(13)14/h2-7,17H,8,15H2,1H3. The molecule has 0 fully saturated rings. The molecule has 5 nitrogen and oxygen atoms in total. The van der Waals surface area contributed by atoms with Crippen molar-refractivity contribution in [2.75, 3.05) is 5.73 Å². The number of nitrogen functional groups attached to an aromatic ring is 1. The summed E-state index contributed by atoms with van der Waals surface area (Å²) in [6.45, 7) is 2.06. The number of anilines is 1. The first-order chi connectivity index (χ1) is 9.38. The van der Waals surface area contributed by atoms with Crippen molar-refractivity contribution in [3.05, 3.63) is 52.3 Å². The van der Waals surface area contributed by atoms with Crippen molar-refractivity contribution < 1.29 is 8.42 Å². The zero-order valence-corrected chi connectivity index (χ0v) is 13.2. The molecule has 106 valence electrons. The van der Waals surface area contributed by atoms with E-state index >= 15 is 0 Å². The molecule has 0 atom stereocenters. The molecule has 3 N–H and O–H groups in total. The normalized spacial score (nSPS) is 11.5. The average molecular weight is 356 g/mol. The number of pyridine rings is 1. The Bertz CT molecular complexity index is 715. The molecule has 0 radical (unpaired) electrons. The van der Waals surface area contributed by atoms with Crippen LogP contribution in [0.25, 0.3) is 0 Å². The molecular weight excluding hydrogens is 342 g/mol. The molecule has 0 bridgehead atoms. The molecule has 0 spiro atoms. The van der Waals surface area contributed by atoms with Crippen LogP contribution in [0.2, 0.25) is 0 Å². The maximum Gasteiger partial charge on any atom is 0.241 e. The summed E-state index contributed by atoms with van der Waals surface area (Å²) in [7, 11) is -3.60. The van der Waals surface area contributed by atoms with Gasteiger partial charge in [0.05, 0.1) is 4.90 Å². The number of nitrogens with two attached hydrogens (primary N) is 1. The number of sulfonamides is 1. The Labute approximate surface area is 126 Å². The lowest BCUT2D eigenvalue weighted by molar-refractivity contribution is 0.581. The number of benzene rings is 1. The first-order valence-corrected chi connectivity index (χ1v) is 8.12. The Morgan fingerprint density at radius 2 is 2.05 bits per heavy atom. The molecule has 0 aliphatic rings. The van der Waals surface area contributed by atoms with E-state index in [-0.39, 0.29) is 11.4 Å². The Morgan fingerprint density at radius 3 is 2.65 bits per heavy atom. The van der Waals surface area contributed by atoms with E-state index in [2.05, 4.69) is 25.6 Å². The summed E-state index contributed by atoms with van der Waals surface area (Å²) in [5.74, 6) is 0. The second-order valence-corrected chi connectivity index (χ2v) is 6.91. The van der Waals surface area contributed by atoms with Gasteiger partial charge in [0, 0.05) is 28.6 Å². The van der Waals surface area contributed by atoms with Gasteiger partial charge in [0.2, 0.25) is 10.0 Å². The Hall–Kier alpha value is -1.44. The van der Waals surface area contributed by atoms with Gasteiger partial charge in [-0.05, 0) is 52.7 Å². The minimum Gasteiger partial charge on any atom is -0.399 e. The summed E-state index contributed by atoms with van der Waals surface area (Å²) in [5, 5.41) is 0. The molecule has 1 heterocycles. The molecule has 20 heavy (non-hydrogen) atoms. The van der Waals surface area contributed by atoms with Gasteiger partial charge in [-0.2, -0.15) is 0 Å². The molecule has 0 aliphatic heterocycles. The third-order valence-corrected chi connectivity index (χ3v) is 5.06. The van der Waals surface area contributed by atoms with E-state index in [0.29, 0.717) is 10.2 Å². The number of hydrogen-bond donors (Lipinski definition) is 2. The van der Waals surface area contributed by atoms with Gasteiger partial charge in [-0.15, -0.1) is 0 Å². The summed E-state index contributed by atoms with van der Waals surface area (Å²) >= 11 is 3.21. The van der Waals surface area contributed by atoms with Crippen LogP contribution in [0.15, 0.2) is 45.9 Å². The van der Waals surface area contributed by atoms with Crippen LogP contribution < -0.4 is 10.5 Å². The summed E-state index contributed by atoms with van der Waals surface area (Å²) < 4.78 is 27.4. The number of hydrogen-bond acceptors (Lipinski definition) is 4. The van der Waals surface area contributed by atoms with Crippen molar-refractivity contribution in [1.29, 1.82) is 0 Å². The van der Waals surface area contributed by atoms with E-state index < -0.39 is 10.0 Å². The lowest BCUT2D eigenvalue weighted by atomic mass is 10.2. The van der Waals surface area contributed by atoms with Crippen LogP contribution in [0.1, 0.15) is 11.3 Å². The Morgan fingerprint density at radius 1 is 1.30 bits per heavy atom. The van der Waals surface area contributed by atoms with E-state index in [4.69, 9.17) is 5.73 Å². The van der Waals surface area contributed by atoms with Gasteiger partial charge in [0.15, 0.2) is 0 Å². The molecule has 0 unspecified atom stereocenters. The first kappa shape index (κ1) is 15.0. The van der Waals surface area contributed by atoms with Crippen molar-refractivity contribution in [1.82, 2.24) is 9.71 Å². The predicted molar refractivity (Wildman–Crippen MR) is 81.6 cm³/mol. The maximum absolute atomic E-state index is 12.2. The fourth-order valence-corrected chi connectivity index (χ4v) is 3.70. The van der Waals surface area contributed by atoms with E-state index in [1.807, 2.05) is 19.1 Å². The second kappa shape index (κ2) is 5.90. The van der Waals surface area contributed by atoms with Gasteiger partial charge in [-0.1, -0.05) is 6.07 Å². The highest BCUT2D eigenvalue weighted by Crippen LogP contribution is 2.24. The lowest BCUT2D eigenvalue weighted by Crippen LogP contribution is -2.23. The summed E-state index contributed by atoms with van der Waals surface area (Å²) in [5.41, 5.74) is 7.78. The predicted octanol–water partition coefficient (Wildman–Crippen LogP) is 2.21. The Balaban J connectivity index is 2.17. The molecule has 0 aliphatic carbocycles. The highest BCUT2D eigenvalue weighted by Gasteiger charge is 2.17. The van der Waals surface area contributed by atoms with E-state index in [0.717, 1.165) is 11.3 Å².